The van der Waals surface area contributed by atoms with Crippen molar-refractivity contribution in [2.45, 2.75) is 6.92 Å². The molecule has 0 spiro atoms. The number of esters is 1. The van der Waals surface area contributed by atoms with Crippen molar-refractivity contribution in [3.8, 4) is 5.69 Å². The van der Waals surface area contributed by atoms with E-state index in [0.29, 0.717) is 23.0 Å². The topological polar surface area (TPSA) is 73.2 Å². The van der Waals surface area contributed by atoms with Crippen molar-refractivity contribution in [3.63, 3.8) is 0 Å². The van der Waals surface area contributed by atoms with Gasteiger partial charge in [-0.25, -0.2) is 22.6 Å². The molecule has 1 heterocycles. The SMILES string of the molecule is Cc1nn(-c2ccc(F)cc2)c(Cl)c1C=CC(=O)OCC(=O)Nc1ccc(F)cc1F. The van der Waals surface area contributed by atoms with Crippen molar-refractivity contribution in [1.82, 2.24) is 9.78 Å². The third-order valence-electron chi connectivity index (χ3n) is 4.06. The van der Waals surface area contributed by atoms with E-state index in [4.69, 9.17) is 16.3 Å². The minimum atomic E-state index is -0.956. The van der Waals surface area contributed by atoms with E-state index in [9.17, 15) is 22.8 Å². The first-order valence-electron chi connectivity index (χ1n) is 8.85. The highest BCUT2D eigenvalue weighted by Gasteiger charge is 2.14. The summed E-state index contributed by atoms with van der Waals surface area (Å²) in [5.74, 6) is -3.80. The number of nitrogens with one attached hydrogen (secondary N) is 1. The zero-order chi connectivity index (χ0) is 22.5. The number of hydrogen-bond acceptors (Lipinski definition) is 4. The van der Waals surface area contributed by atoms with E-state index in [1.807, 2.05) is 0 Å². The summed E-state index contributed by atoms with van der Waals surface area (Å²) in [7, 11) is 0. The third kappa shape index (κ3) is 5.52. The van der Waals surface area contributed by atoms with Crippen molar-refractivity contribution in [1.29, 1.82) is 0 Å². The van der Waals surface area contributed by atoms with Crippen molar-refractivity contribution < 1.29 is 27.5 Å². The van der Waals surface area contributed by atoms with Gasteiger partial charge in [0.1, 0.15) is 22.6 Å². The van der Waals surface area contributed by atoms with Crippen LogP contribution in [-0.2, 0) is 14.3 Å². The first kappa shape index (κ1) is 22.1. The van der Waals surface area contributed by atoms with Crippen LogP contribution in [0.15, 0.2) is 48.5 Å². The normalized spacial score (nSPS) is 11.0. The molecule has 0 fully saturated rings. The van der Waals surface area contributed by atoms with E-state index >= 15 is 0 Å². The molecule has 1 N–H and O–H groups in total. The van der Waals surface area contributed by atoms with Crippen LogP contribution >= 0.6 is 11.6 Å². The summed E-state index contributed by atoms with van der Waals surface area (Å²) in [6.45, 7) is 0.989. The molecule has 0 saturated heterocycles. The molecule has 1 aromatic heterocycles. The summed E-state index contributed by atoms with van der Waals surface area (Å²) >= 11 is 6.31. The number of amides is 1. The van der Waals surface area contributed by atoms with Crippen molar-refractivity contribution in [2.24, 2.45) is 0 Å². The highest BCUT2D eigenvalue weighted by Crippen LogP contribution is 2.25. The molecule has 1 amide bonds. The minimum Gasteiger partial charge on any atom is -0.452 e. The Morgan fingerprint density at radius 1 is 1.13 bits per heavy atom. The first-order valence-corrected chi connectivity index (χ1v) is 9.23. The van der Waals surface area contributed by atoms with Gasteiger partial charge in [-0.2, -0.15) is 5.10 Å². The fraction of sp³-hybridized carbons (Fsp3) is 0.0952. The van der Waals surface area contributed by atoms with E-state index in [1.54, 1.807) is 6.92 Å². The van der Waals surface area contributed by atoms with Crippen LogP contribution in [0.4, 0.5) is 18.9 Å². The molecule has 6 nitrogen and oxygen atoms in total. The summed E-state index contributed by atoms with van der Waals surface area (Å²) in [4.78, 5) is 23.7. The number of benzene rings is 2. The lowest BCUT2D eigenvalue weighted by Crippen LogP contribution is -2.20. The lowest BCUT2D eigenvalue weighted by Gasteiger charge is -2.06. The maximum Gasteiger partial charge on any atom is 0.331 e. The molecule has 3 rings (SSSR count). The Balaban J connectivity index is 1.61. The molecule has 0 radical (unpaired) electrons. The standard InChI is InChI=1S/C21H15ClF3N3O3/c1-12-16(21(22)28(27-12)15-5-2-13(23)3-6-15)7-9-20(30)31-11-19(29)26-18-8-4-14(24)10-17(18)25/h2-10H,11H2,1H3,(H,26,29). The van der Waals surface area contributed by atoms with Crippen LogP contribution in [0.1, 0.15) is 11.3 Å². The molecule has 3 aromatic rings. The molecule has 2 aromatic carbocycles. The van der Waals surface area contributed by atoms with E-state index in [1.165, 1.54) is 35.0 Å². The van der Waals surface area contributed by atoms with Crippen LogP contribution in [-0.4, -0.2) is 28.3 Å². The van der Waals surface area contributed by atoms with Crippen LogP contribution < -0.4 is 5.32 Å². The molecular weight excluding hydrogens is 435 g/mol. The maximum atomic E-state index is 13.5. The molecule has 0 atom stereocenters. The number of aromatic nitrogens is 2. The van der Waals surface area contributed by atoms with Gasteiger partial charge in [-0.3, -0.25) is 4.79 Å². The Hall–Kier alpha value is -3.59. The van der Waals surface area contributed by atoms with Crippen LogP contribution in [0.25, 0.3) is 11.8 Å². The number of aryl methyl sites for hydroxylation is 1. The first-order chi connectivity index (χ1) is 14.7. The van der Waals surface area contributed by atoms with E-state index < -0.39 is 35.9 Å². The Kier molecular flexibility index (Phi) is 6.76. The summed E-state index contributed by atoms with van der Waals surface area (Å²) in [5, 5.41) is 6.62. The van der Waals surface area contributed by atoms with Crippen LogP contribution in [0.3, 0.4) is 0 Å². The minimum absolute atomic E-state index is 0.192. The second kappa shape index (κ2) is 9.48. The molecule has 0 aliphatic carbocycles. The van der Waals surface area contributed by atoms with Gasteiger partial charge in [-0.05, 0) is 49.4 Å². The molecule has 0 unspecified atom stereocenters. The molecule has 31 heavy (non-hydrogen) atoms. The van der Waals surface area contributed by atoms with Gasteiger partial charge in [-0.15, -0.1) is 0 Å². The van der Waals surface area contributed by atoms with E-state index in [0.717, 1.165) is 18.2 Å². The van der Waals surface area contributed by atoms with Gasteiger partial charge >= 0.3 is 5.97 Å². The Morgan fingerprint density at radius 3 is 2.48 bits per heavy atom. The van der Waals surface area contributed by atoms with Crippen molar-refractivity contribution >= 4 is 35.2 Å². The molecule has 0 aliphatic heterocycles. The van der Waals surface area contributed by atoms with Crippen LogP contribution in [0.5, 0.6) is 0 Å². The number of carbonyl (C=O) groups is 2. The summed E-state index contributed by atoms with van der Waals surface area (Å²) in [6.07, 6.45) is 2.42. The monoisotopic (exact) mass is 449 g/mol. The number of rotatable bonds is 6. The van der Waals surface area contributed by atoms with E-state index in [-0.39, 0.29) is 10.8 Å². The smallest absolute Gasteiger partial charge is 0.331 e. The largest absolute Gasteiger partial charge is 0.452 e. The van der Waals surface area contributed by atoms with Crippen LogP contribution in [0, 0.1) is 24.4 Å². The fourth-order valence-electron chi connectivity index (χ4n) is 2.57. The zero-order valence-electron chi connectivity index (χ0n) is 16.0. The van der Waals surface area contributed by atoms with Gasteiger partial charge in [0.25, 0.3) is 5.91 Å². The number of nitrogens with zero attached hydrogens (tertiary/aromatic N) is 2. The van der Waals surface area contributed by atoms with Crippen molar-refractivity contribution in [2.75, 3.05) is 11.9 Å². The van der Waals surface area contributed by atoms with Gasteiger partial charge in [0.15, 0.2) is 6.61 Å². The Labute approximate surface area is 179 Å². The number of anilines is 1. The second-order valence-electron chi connectivity index (χ2n) is 6.29. The lowest BCUT2D eigenvalue weighted by molar-refractivity contribution is -0.142. The molecule has 0 aliphatic rings. The predicted octanol–water partition coefficient (Wildman–Crippen LogP) is 4.45. The van der Waals surface area contributed by atoms with Gasteiger partial charge in [0, 0.05) is 17.7 Å². The Morgan fingerprint density at radius 2 is 1.81 bits per heavy atom. The third-order valence-corrected chi connectivity index (χ3v) is 4.42. The fourth-order valence-corrected chi connectivity index (χ4v) is 2.90. The van der Waals surface area contributed by atoms with Crippen LogP contribution in [0.2, 0.25) is 5.15 Å². The highest BCUT2D eigenvalue weighted by molar-refractivity contribution is 6.31. The lowest BCUT2D eigenvalue weighted by atomic mass is 10.2. The van der Waals surface area contributed by atoms with Gasteiger partial charge < -0.3 is 10.1 Å². The number of hydrogen-bond donors (Lipinski definition) is 1. The van der Waals surface area contributed by atoms with E-state index in [2.05, 4.69) is 10.4 Å². The quantitative estimate of drug-likeness (QED) is 0.446. The maximum absolute atomic E-state index is 13.5. The Bertz CT molecular complexity index is 1160. The zero-order valence-corrected chi connectivity index (χ0v) is 16.8. The summed E-state index contributed by atoms with van der Waals surface area (Å²) in [6, 6.07) is 8.16. The van der Waals surface area contributed by atoms with Gasteiger partial charge in [0.2, 0.25) is 0 Å². The average Bonchev–Trinajstić information content (AvgIpc) is 3.01. The predicted molar refractivity (Wildman–Crippen MR) is 108 cm³/mol. The van der Waals surface area contributed by atoms with Crippen molar-refractivity contribution in [3.05, 3.63) is 82.4 Å². The highest BCUT2D eigenvalue weighted by atomic mass is 35.5. The average molecular weight is 450 g/mol. The van der Waals surface area contributed by atoms with Gasteiger partial charge in [-0.1, -0.05) is 11.6 Å². The second-order valence-corrected chi connectivity index (χ2v) is 6.65. The molecule has 0 bridgehead atoms. The molecular formula is C21H15ClF3N3O3. The number of ether oxygens (including phenoxy) is 1. The molecule has 0 saturated carbocycles. The summed E-state index contributed by atoms with van der Waals surface area (Å²) < 4.78 is 45.7. The van der Waals surface area contributed by atoms with Gasteiger partial charge in [0.05, 0.1) is 17.1 Å². The number of carbonyl (C=O) groups excluding carboxylic acids is 2. The number of halogens is 4. The molecule has 10 heteroatoms. The molecule has 160 valence electrons. The summed E-state index contributed by atoms with van der Waals surface area (Å²) in [5.41, 5.74) is 1.22.